The highest BCUT2D eigenvalue weighted by Gasteiger charge is 2.83. The van der Waals surface area contributed by atoms with E-state index >= 15 is 0 Å². The maximum Gasteiger partial charge on any atom is 0.413 e. The summed E-state index contributed by atoms with van der Waals surface area (Å²) in [5, 5.41) is 15.5. The summed E-state index contributed by atoms with van der Waals surface area (Å²) < 4.78 is 283. The summed E-state index contributed by atoms with van der Waals surface area (Å²) in [6.07, 6.45) is -13.9. The van der Waals surface area contributed by atoms with Crippen molar-refractivity contribution in [3.63, 3.8) is 0 Å². The lowest BCUT2D eigenvalue weighted by Gasteiger charge is -2.29. The number of sulfone groups is 2. The van der Waals surface area contributed by atoms with Crippen LogP contribution in [0.15, 0.2) is 0 Å². The van der Waals surface area contributed by atoms with Crippen molar-refractivity contribution in [3.05, 3.63) is 0 Å². The molecule has 0 aromatic heterocycles. The van der Waals surface area contributed by atoms with Gasteiger partial charge in [0, 0.05) is 42.4 Å². The molecule has 12 bridgehead atoms. The summed E-state index contributed by atoms with van der Waals surface area (Å²) in [5.41, 5.74) is 0. The Morgan fingerprint density at radius 3 is 1.51 bits per heavy atom. The Morgan fingerprint density at radius 1 is 0.467 bits per heavy atom. The van der Waals surface area contributed by atoms with E-state index in [1.807, 2.05) is 26.0 Å². The molecule has 26 nitrogen and oxygen atoms in total. The zero-order valence-corrected chi connectivity index (χ0v) is 55.8. The van der Waals surface area contributed by atoms with Gasteiger partial charge in [0.15, 0.2) is 19.7 Å². The van der Waals surface area contributed by atoms with Gasteiger partial charge in [-0.3, -0.25) is 20.9 Å². The van der Waals surface area contributed by atoms with Gasteiger partial charge in [0.05, 0.1) is 88.5 Å². The van der Waals surface area contributed by atoms with Gasteiger partial charge in [-0.1, -0.05) is 41.5 Å². The third kappa shape index (κ3) is 9.88. The van der Waals surface area contributed by atoms with Crippen LogP contribution in [0.4, 0.5) is 26.3 Å². The Labute approximate surface area is 529 Å². The Morgan fingerprint density at radius 2 is 1.01 bits per heavy atom. The second-order valence-electron chi connectivity index (χ2n) is 28.4. The number of rotatable bonds is 0. The van der Waals surface area contributed by atoms with Crippen LogP contribution in [0.2, 0.25) is 0 Å². The fraction of sp³-hybridized carbons (Fsp3) is 0.962. The van der Waals surface area contributed by atoms with Crippen LogP contribution in [0.1, 0.15) is 87.0 Å². The predicted octanol–water partition coefficient (Wildman–Crippen LogP) is 2.33. The van der Waals surface area contributed by atoms with Crippen molar-refractivity contribution in [2.75, 3.05) is 17.3 Å². The first-order valence-electron chi connectivity index (χ1n) is 30.6. The van der Waals surface area contributed by atoms with Gasteiger partial charge in [-0.25, -0.2) is 16.8 Å². The van der Waals surface area contributed by atoms with E-state index < -0.39 is 182 Å². The first-order chi connectivity index (χ1) is 42.3. The summed E-state index contributed by atoms with van der Waals surface area (Å²) in [4.78, 5) is 0. The maximum absolute atomic E-state index is 13.0. The number of nitriles is 2. The summed E-state index contributed by atoms with van der Waals surface area (Å²) in [5.74, 6) is 1.05. The fourth-order valence-electron chi connectivity index (χ4n) is 18.8. The highest BCUT2D eigenvalue weighted by molar-refractivity contribution is 7.92. The quantitative estimate of drug-likeness (QED) is 0.248. The molecular weight excluding hydrogens is 1390 g/mol. The summed E-state index contributed by atoms with van der Waals surface area (Å²) in [6.45, 7) is 13.1. The molecule has 2 aliphatic carbocycles. The number of ether oxygens (including phenoxy) is 5. The standard InChI is InChI=1S/C9H14O2S.2C8H9F3O4S.2C8H9NO4S.C8H12O3S.C4H8O3S/c1-5-6-2-7-8(5)4-12(10,11)9(7)3-6;1-3-4-2-7(8(9,10)11)6(14-4)5(3)15-16(7,12)13;1-2-4-3(8(9,10)11)7-6(14-4)5(2)15-16(7,12)13;1-4-5-2-8(3-9)7(12-5)6(4)13-14(8,10)11;1-3-5-4(2-9)8-7(12-5)6(3)13-14(8,10)11;1-4-5-3-12(9,10)7-2-6(4)11-8(5)7;1-4-2-3-8(5,6)7-4/h5-9H,2-4H2,1H3;3-6H,2H2,1H3;2-7H,1H3;4-7H,2H2,1H3;3-8H,1H3;4-8H,2-3H2,1H3;4H,2-3H2,1H3. The minimum Gasteiger partial charge on any atom is -0.373 e. The molecule has 19 rings (SSSR count). The monoisotopic (exact) mass is 1460 g/mol. The van der Waals surface area contributed by atoms with E-state index in [0.29, 0.717) is 47.5 Å². The first kappa shape index (κ1) is 68.3. The van der Waals surface area contributed by atoms with Crippen molar-refractivity contribution in [2.45, 2.75) is 221 Å². The summed E-state index contributed by atoms with van der Waals surface area (Å²) in [7, 11) is -24.7. The van der Waals surface area contributed by atoms with Crippen molar-refractivity contribution < 1.29 is 130 Å². The van der Waals surface area contributed by atoms with E-state index in [4.69, 9.17) is 46.8 Å². The average molecular weight is 1460 g/mol. The molecule has 17 aliphatic heterocycles. The fourth-order valence-corrected chi connectivity index (χ4v) is 32.6. The van der Waals surface area contributed by atoms with Gasteiger partial charge >= 0.3 is 12.4 Å². The minimum atomic E-state index is -4.85. The number of hydrogen-bond donors (Lipinski definition) is 0. The molecule has 39 heteroatoms. The van der Waals surface area contributed by atoms with Gasteiger partial charge in [-0.2, -0.15) is 79.0 Å². The Bertz CT molecular complexity index is 3900. The molecule has 0 amide bonds. The molecule has 0 N–H and O–H groups in total. The molecule has 0 radical (unpaired) electrons. The smallest absolute Gasteiger partial charge is 0.373 e. The van der Waals surface area contributed by atoms with E-state index in [0.717, 1.165) is 18.8 Å². The van der Waals surface area contributed by atoms with Crippen molar-refractivity contribution >= 4 is 70.3 Å². The third-order valence-corrected chi connectivity index (χ3v) is 37.0. The second-order valence-corrected chi connectivity index (χ2v) is 41.7. The Hall–Kier alpha value is -2.19. The molecule has 0 aromatic rings. The van der Waals surface area contributed by atoms with Crippen LogP contribution in [0, 0.1) is 93.7 Å². The SMILES string of the molecule is CC1C2CC3(C#N)C(O2)C1OS3(=O)=O.CC1C2CC3(C(F)(F)F)C(O2)C1OS3(=O)=O.CC1C2CC3C(O2)C1CS3(=O)=O.CC1C2CC3C1CS(=O)(=O)C3C2.CC1C2OC3C1OS(=O)(=O)C3C2C#N.CC1C2OS(=O)(=O)C3C2OC1C3C(F)(F)F.CC1CCS(=O)(=O)O1. The lowest BCUT2D eigenvalue weighted by Crippen LogP contribution is -2.56. The van der Waals surface area contributed by atoms with Crippen LogP contribution >= 0.6 is 0 Å². The normalized spacial score (nSPS) is 54.7. The van der Waals surface area contributed by atoms with Gasteiger partial charge < -0.3 is 23.7 Å². The first-order valence-corrected chi connectivity index (χ1v) is 41.3. The molecule has 17 saturated heterocycles. The van der Waals surface area contributed by atoms with Gasteiger partial charge in [0.25, 0.3) is 50.6 Å². The zero-order valence-electron chi connectivity index (χ0n) is 50.1. The van der Waals surface area contributed by atoms with Crippen LogP contribution < -0.4 is 0 Å². The molecule has 92 heavy (non-hydrogen) atoms. The maximum atomic E-state index is 13.0. The lowest BCUT2D eigenvalue weighted by molar-refractivity contribution is -0.189. The Kier molecular flexibility index (Phi) is 16.1. The average Bonchev–Trinajstić information content (AvgIpc) is 1.52. The molecule has 19 fully saturated rings. The predicted molar refractivity (Wildman–Crippen MR) is 298 cm³/mol. The van der Waals surface area contributed by atoms with Crippen molar-refractivity contribution in [3.8, 4) is 12.1 Å². The topological polar surface area (TPSA) is 379 Å². The summed E-state index contributed by atoms with van der Waals surface area (Å²) in [6, 6.07) is 3.90. The lowest BCUT2D eigenvalue weighted by atomic mass is 9.80. The van der Waals surface area contributed by atoms with Crippen molar-refractivity contribution in [2.24, 2.45) is 71.0 Å². The van der Waals surface area contributed by atoms with Gasteiger partial charge in [-0.15, -0.1) is 0 Å². The molecule has 2 saturated carbocycles. The van der Waals surface area contributed by atoms with Crippen molar-refractivity contribution in [1.29, 1.82) is 10.5 Å². The molecule has 17 heterocycles. The van der Waals surface area contributed by atoms with Crippen LogP contribution in [0.5, 0.6) is 0 Å². The van der Waals surface area contributed by atoms with Crippen LogP contribution in [-0.2, 0) is 115 Å². The van der Waals surface area contributed by atoms with E-state index in [1.54, 1.807) is 13.8 Å². The zero-order chi connectivity index (χ0) is 67.2. The van der Waals surface area contributed by atoms with E-state index in [-0.39, 0.29) is 77.1 Å². The molecule has 0 spiro atoms. The molecular formula is C53H70F6N2O24S7. The highest BCUT2D eigenvalue weighted by atomic mass is 32.2. The minimum absolute atomic E-state index is 0.00169. The number of halogens is 6. The number of nitrogens with zero attached hydrogens (tertiary/aromatic N) is 2. The number of hydrogen-bond acceptors (Lipinski definition) is 26. The van der Waals surface area contributed by atoms with E-state index in [9.17, 15) is 85.3 Å². The molecule has 520 valence electrons. The molecule has 0 aromatic carbocycles. The van der Waals surface area contributed by atoms with Crippen molar-refractivity contribution in [1.82, 2.24) is 0 Å². The highest BCUT2D eigenvalue weighted by Crippen LogP contribution is 2.64. The third-order valence-electron chi connectivity index (χ3n) is 23.8. The largest absolute Gasteiger partial charge is 0.413 e. The number of fused-ring (bicyclic) bond motifs is 6. The Balaban J connectivity index is 0.0000000987. The van der Waals surface area contributed by atoms with Gasteiger partial charge in [0.2, 0.25) is 9.49 Å². The van der Waals surface area contributed by atoms with Crippen LogP contribution in [-0.4, -0.2) is 211 Å². The second kappa shape index (κ2) is 21.7. The van der Waals surface area contributed by atoms with E-state index in [2.05, 4.69) is 22.2 Å². The van der Waals surface area contributed by atoms with Gasteiger partial charge in [0.1, 0.15) is 65.2 Å². The van der Waals surface area contributed by atoms with Gasteiger partial charge in [-0.05, 0) is 62.2 Å². The molecule has 33 unspecified atom stereocenters. The molecule has 33 atom stereocenters. The molecule has 19 aliphatic rings. The number of alkyl halides is 6. The summed E-state index contributed by atoms with van der Waals surface area (Å²) >= 11 is 0. The van der Waals surface area contributed by atoms with Crippen LogP contribution in [0.3, 0.4) is 0 Å². The van der Waals surface area contributed by atoms with E-state index in [1.165, 1.54) is 13.3 Å². The van der Waals surface area contributed by atoms with Crippen LogP contribution in [0.25, 0.3) is 0 Å².